The summed E-state index contributed by atoms with van der Waals surface area (Å²) >= 11 is 0. The molecule has 2 rings (SSSR count). The fraction of sp³-hybridized carbons (Fsp3) is 0.471. The molecule has 0 saturated heterocycles. The summed E-state index contributed by atoms with van der Waals surface area (Å²) in [6.45, 7) is 10.3. The Labute approximate surface area is 136 Å². The summed E-state index contributed by atoms with van der Waals surface area (Å²) < 4.78 is 12.8. The van der Waals surface area contributed by atoms with E-state index < -0.39 is 5.72 Å². The number of rotatable bonds is 8. The molecule has 0 bridgehead atoms. The number of benzene rings is 1. The van der Waals surface area contributed by atoms with Gasteiger partial charge in [0.1, 0.15) is 5.52 Å². The Morgan fingerprint density at radius 3 is 2.78 bits per heavy atom. The third-order valence-electron chi connectivity index (χ3n) is 3.84. The van der Waals surface area contributed by atoms with Crippen molar-refractivity contribution in [1.29, 1.82) is 0 Å². The second-order valence-corrected chi connectivity index (χ2v) is 5.29. The van der Waals surface area contributed by atoms with Crippen molar-refractivity contribution in [1.82, 2.24) is 15.0 Å². The smallest absolute Gasteiger partial charge is 0.306 e. The van der Waals surface area contributed by atoms with Gasteiger partial charge in [-0.05, 0) is 32.1 Å². The first kappa shape index (κ1) is 17.1. The summed E-state index contributed by atoms with van der Waals surface area (Å²) in [5, 5.41) is 8.43. The first-order valence-corrected chi connectivity index (χ1v) is 7.83. The number of carbonyl (C=O) groups is 1. The first-order valence-electron chi connectivity index (χ1n) is 7.83. The minimum atomic E-state index is -0.961. The van der Waals surface area contributed by atoms with E-state index in [-0.39, 0.29) is 18.3 Å². The van der Waals surface area contributed by atoms with Gasteiger partial charge in [0.2, 0.25) is 0 Å². The molecule has 1 heterocycles. The van der Waals surface area contributed by atoms with Gasteiger partial charge in [0.05, 0.1) is 18.5 Å². The van der Waals surface area contributed by atoms with Crippen LogP contribution in [0.15, 0.2) is 36.9 Å². The number of hydrogen-bond acceptors (Lipinski definition) is 5. The van der Waals surface area contributed by atoms with Crippen molar-refractivity contribution >= 4 is 17.0 Å². The van der Waals surface area contributed by atoms with Crippen LogP contribution in [0, 0.1) is 5.92 Å². The van der Waals surface area contributed by atoms with Crippen molar-refractivity contribution in [3.05, 3.63) is 36.9 Å². The van der Waals surface area contributed by atoms with E-state index in [2.05, 4.69) is 16.9 Å². The van der Waals surface area contributed by atoms with Crippen LogP contribution in [0.3, 0.4) is 0 Å². The highest BCUT2D eigenvalue weighted by atomic mass is 16.5. The summed E-state index contributed by atoms with van der Waals surface area (Å²) in [7, 11) is 0. The predicted octanol–water partition coefficient (Wildman–Crippen LogP) is 2.90. The van der Waals surface area contributed by atoms with Crippen LogP contribution < -0.4 is 0 Å². The molecular formula is C17H23N3O3. The minimum absolute atomic E-state index is 0.202. The van der Waals surface area contributed by atoms with Crippen molar-refractivity contribution in [2.24, 2.45) is 5.92 Å². The zero-order valence-electron chi connectivity index (χ0n) is 13.9. The Balaban J connectivity index is 2.46. The standard InChI is InChI=1S/C17H23N3O3/c1-5-17(23-7-3,13(4)12-16(21)22-6-2)20-15-11-9-8-10-14(15)18-19-20/h5,8-11,13H,1,6-7,12H2,2-4H3. The van der Waals surface area contributed by atoms with Gasteiger partial charge in [-0.25, -0.2) is 4.68 Å². The molecular weight excluding hydrogens is 294 g/mol. The van der Waals surface area contributed by atoms with Gasteiger partial charge >= 0.3 is 5.97 Å². The zero-order valence-corrected chi connectivity index (χ0v) is 13.9. The molecule has 0 aliphatic carbocycles. The molecule has 6 heteroatoms. The highest BCUT2D eigenvalue weighted by Gasteiger charge is 2.39. The average Bonchev–Trinajstić information content (AvgIpc) is 2.97. The third-order valence-corrected chi connectivity index (χ3v) is 3.84. The number of hydrogen-bond donors (Lipinski definition) is 0. The van der Waals surface area contributed by atoms with Crippen LogP contribution in [-0.4, -0.2) is 34.2 Å². The van der Waals surface area contributed by atoms with E-state index in [1.807, 2.05) is 38.1 Å². The van der Waals surface area contributed by atoms with Crippen molar-refractivity contribution in [3.63, 3.8) is 0 Å². The second kappa shape index (κ2) is 7.37. The fourth-order valence-corrected chi connectivity index (χ4v) is 2.73. The number of aromatic nitrogens is 3. The van der Waals surface area contributed by atoms with Crippen molar-refractivity contribution < 1.29 is 14.3 Å². The minimum Gasteiger partial charge on any atom is -0.466 e. The zero-order chi connectivity index (χ0) is 16.9. The van der Waals surface area contributed by atoms with Crippen LogP contribution in [0.5, 0.6) is 0 Å². The Bertz CT molecular complexity index is 683. The Morgan fingerprint density at radius 2 is 2.13 bits per heavy atom. The maximum absolute atomic E-state index is 11.9. The van der Waals surface area contributed by atoms with Crippen LogP contribution in [-0.2, 0) is 20.0 Å². The lowest BCUT2D eigenvalue weighted by Crippen LogP contribution is -2.43. The quantitative estimate of drug-likeness (QED) is 0.553. The number of carbonyl (C=O) groups excluding carboxylic acids is 1. The molecule has 2 aromatic rings. The molecule has 0 saturated carbocycles. The molecule has 0 N–H and O–H groups in total. The van der Waals surface area contributed by atoms with Gasteiger partial charge in [0.25, 0.3) is 0 Å². The normalized spacial score (nSPS) is 15.1. The maximum Gasteiger partial charge on any atom is 0.306 e. The summed E-state index contributed by atoms with van der Waals surface area (Å²) in [4.78, 5) is 11.9. The van der Waals surface area contributed by atoms with Crippen LogP contribution in [0.25, 0.3) is 11.0 Å². The molecule has 0 amide bonds. The molecule has 23 heavy (non-hydrogen) atoms. The summed E-state index contributed by atoms with van der Waals surface area (Å²) in [6.07, 6.45) is 1.88. The van der Waals surface area contributed by atoms with E-state index in [9.17, 15) is 4.79 Å². The van der Waals surface area contributed by atoms with E-state index in [0.717, 1.165) is 11.0 Å². The molecule has 0 fully saturated rings. The molecule has 0 aliphatic rings. The van der Waals surface area contributed by atoms with Crippen molar-refractivity contribution in [2.45, 2.75) is 32.9 Å². The summed E-state index contributed by atoms with van der Waals surface area (Å²) in [5.41, 5.74) is 0.635. The van der Waals surface area contributed by atoms with Crippen molar-refractivity contribution in [2.75, 3.05) is 13.2 Å². The Morgan fingerprint density at radius 1 is 1.39 bits per heavy atom. The molecule has 0 radical (unpaired) electrons. The summed E-state index contributed by atoms with van der Waals surface area (Å²) in [5.74, 6) is -0.487. The molecule has 0 aliphatic heterocycles. The van der Waals surface area contributed by atoms with E-state index in [4.69, 9.17) is 9.47 Å². The number of para-hydroxylation sites is 1. The Hall–Kier alpha value is -2.21. The molecule has 2 unspecified atom stereocenters. The number of fused-ring (bicyclic) bond motifs is 1. The largest absolute Gasteiger partial charge is 0.466 e. The molecule has 0 spiro atoms. The lowest BCUT2D eigenvalue weighted by atomic mass is 9.93. The molecule has 2 atom stereocenters. The SMILES string of the molecule is C=CC(OCC)(C(C)CC(=O)OCC)n1nnc2ccccc21. The first-order chi connectivity index (χ1) is 11.1. The van der Waals surface area contributed by atoms with Gasteiger partial charge in [-0.15, -0.1) is 5.10 Å². The maximum atomic E-state index is 11.9. The Kier molecular flexibility index (Phi) is 5.50. The van der Waals surface area contributed by atoms with Crippen LogP contribution in [0.1, 0.15) is 27.2 Å². The topological polar surface area (TPSA) is 66.2 Å². The third kappa shape index (κ3) is 3.27. The molecule has 6 nitrogen and oxygen atoms in total. The molecule has 1 aromatic heterocycles. The lowest BCUT2D eigenvalue weighted by Gasteiger charge is -2.36. The fourth-order valence-electron chi connectivity index (χ4n) is 2.73. The highest BCUT2D eigenvalue weighted by molar-refractivity contribution is 5.74. The van der Waals surface area contributed by atoms with Gasteiger partial charge in [-0.2, -0.15) is 0 Å². The van der Waals surface area contributed by atoms with Gasteiger partial charge in [-0.3, -0.25) is 4.79 Å². The van der Waals surface area contributed by atoms with E-state index in [1.165, 1.54) is 0 Å². The second-order valence-electron chi connectivity index (χ2n) is 5.29. The number of esters is 1. The van der Waals surface area contributed by atoms with Crippen molar-refractivity contribution in [3.8, 4) is 0 Å². The van der Waals surface area contributed by atoms with E-state index in [0.29, 0.717) is 13.2 Å². The number of ether oxygens (including phenoxy) is 2. The van der Waals surface area contributed by atoms with Gasteiger partial charge in [0, 0.05) is 12.5 Å². The summed E-state index contributed by atoms with van der Waals surface area (Å²) in [6, 6.07) is 7.62. The van der Waals surface area contributed by atoms with Gasteiger partial charge in [0.15, 0.2) is 5.72 Å². The molecule has 1 aromatic carbocycles. The monoisotopic (exact) mass is 317 g/mol. The number of nitrogens with zero attached hydrogens (tertiary/aromatic N) is 3. The lowest BCUT2D eigenvalue weighted by molar-refractivity contribution is -0.152. The molecule has 124 valence electrons. The highest BCUT2D eigenvalue weighted by Crippen LogP contribution is 2.34. The van der Waals surface area contributed by atoms with Crippen LogP contribution in [0.4, 0.5) is 0 Å². The van der Waals surface area contributed by atoms with Crippen LogP contribution >= 0.6 is 0 Å². The van der Waals surface area contributed by atoms with E-state index in [1.54, 1.807) is 17.7 Å². The van der Waals surface area contributed by atoms with Crippen LogP contribution in [0.2, 0.25) is 0 Å². The van der Waals surface area contributed by atoms with Gasteiger partial charge < -0.3 is 9.47 Å². The van der Waals surface area contributed by atoms with Gasteiger partial charge in [-0.1, -0.05) is 30.8 Å². The average molecular weight is 317 g/mol. The predicted molar refractivity (Wildman–Crippen MR) is 87.7 cm³/mol. The van der Waals surface area contributed by atoms with E-state index >= 15 is 0 Å².